The van der Waals surface area contributed by atoms with Gasteiger partial charge in [-0.25, -0.2) is 0 Å². The van der Waals surface area contributed by atoms with E-state index >= 15 is 0 Å². The van der Waals surface area contributed by atoms with Gasteiger partial charge in [-0.3, -0.25) is 9.69 Å². The lowest BCUT2D eigenvalue weighted by Gasteiger charge is -2.26. The normalized spacial score (nSPS) is 18.8. The van der Waals surface area contributed by atoms with Crippen LogP contribution in [-0.4, -0.2) is 30.9 Å². The fourth-order valence-corrected chi connectivity index (χ4v) is 3.79. The molecule has 21 heavy (non-hydrogen) atoms. The first kappa shape index (κ1) is 14.3. The molecule has 0 bridgehead atoms. The Kier molecular flexibility index (Phi) is 4.36. The van der Waals surface area contributed by atoms with Crippen molar-refractivity contribution in [2.45, 2.75) is 18.9 Å². The second-order valence-electron chi connectivity index (χ2n) is 5.43. The third-order valence-electron chi connectivity index (χ3n) is 4.09. The first-order valence-electron chi connectivity index (χ1n) is 7.35. The van der Waals surface area contributed by atoms with E-state index in [0.717, 1.165) is 18.7 Å². The lowest BCUT2D eigenvalue weighted by Crippen LogP contribution is -2.38. The van der Waals surface area contributed by atoms with Crippen LogP contribution in [0.5, 0.6) is 0 Å². The molecule has 1 saturated heterocycles. The van der Waals surface area contributed by atoms with Crippen molar-refractivity contribution in [1.82, 2.24) is 4.90 Å². The van der Waals surface area contributed by atoms with Crippen molar-refractivity contribution in [3.8, 4) is 0 Å². The summed E-state index contributed by atoms with van der Waals surface area (Å²) in [4.78, 5) is 17.9. The zero-order valence-electron chi connectivity index (χ0n) is 12.2. The van der Waals surface area contributed by atoms with Crippen molar-refractivity contribution < 1.29 is 4.79 Å². The Morgan fingerprint density at radius 2 is 2.10 bits per heavy atom. The third-order valence-corrected chi connectivity index (χ3v) is 5.06. The Morgan fingerprint density at radius 3 is 2.81 bits per heavy atom. The fraction of sp³-hybridized carbons (Fsp3) is 0.353. The number of anilines is 1. The van der Waals surface area contributed by atoms with Crippen LogP contribution in [-0.2, 0) is 4.79 Å². The number of hydrogen-bond acceptors (Lipinski definition) is 3. The van der Waals surface area contributed by atoms with Gasteiger partial charge < -0.3 is 4.90 Å². The molecule has 4 heteroatoms. The summed E-state index contributed by atoms with van der Waals surface area (Å²) < 4.78 is 0. The lowest BCUT2D eigenvalue weighted by atomic mass is 10.2. The highest BCUT2D eigenvalue weighted by atomic mass is 32.1. The number of likely N-dealkylation sites (N-methyl/N-ethyl adjacent to an activating group) is 1. The predicted octanol–water partition coefficient (Wildman–Crippen LogP) is 3.55. The predicted molar refractivity (Wildman–Crippen MR) is 87.7 cm³/mol. The lowest BCUT2D eigenvalue weighted by molar-refractivity contribution is -0.119. The van der Waals surface area contributed by atoms with E-state index in [1.165, 1.54) is 11.3 Å². The summed E-state index contributed by atoms with van der Waals surface area (Å²) in [5.74, 6) is 0.157. The second-order valence-corrected chi connectivity index (χ2v) is 6.41. The van der Waals surface area contributed by atoms with Crippen LogP contribution in [0.3, 0.4) is 0 Å². The fourth-order valence-electron chi connectivity index (χ4n) is 2.89. The molecular formula is C17H20N2OS. The van der Waals surface area contributed by atoms with Crippen LogP contribution in [0.25, 0.3) is 0 Å². The van der Waals surface area contributed by atoms with Crippen LogP contribution in [0, 0.1) is 0 Å². The van der Waals surface area contributed by atoms with Gasteiger partial charge in [0.15, 0.2) is 0 Å². The van der Waals surface area contributed by atoms with Gasteiger partial charge in [-0.2, -0.15) is 0 Å². The van der Waals surface area contributed by atoms with Crippen LogP contribution in [0.2, 0.25) is 0 Å². The molecule has 1 unspecified atom stereocenters. The molecule has 1 fully saturated rings. The highest BCUT2D eigenvalue weighted by molar-refractivity contribution is 7.10. The molecule has 1 aromatic carbocycles. The van der Waals surface area contributed by atoms with Gasteiger partial charge in [0, 0.05) is 23.7 Å². The molecule has 1 aromatic heterocycles. The summed E-state index contributed by atoms with van der Waals surface area (Å²) >= 11 is 1.79. The van der Waals surface area contributed by atoms with Crippen LogP contribution in [0.1, 0.15) is 23.8 Å². The minimum atomic E-state index is 0.157. The molecule has 3 rings (SSSR count). The van der Waals surface area contributed by atoms with Crippen molar-refractivity contribution in [2.75, 3.05) is 25.0 Å². The molecule has 2 heterocycles. The van der Waals surface area contributed by atoms with Gasteiger partial charge >= 0.3 is 0 Å². The van der Waals surface area contributed by atoms with Gasteiger partial charge in [0.25, 0.3) is 0 Å². The number of thiophene rings is 1. The molecule has 1 aliphatic rings. The van der Waals surface area contributed by atoms with Crippen molar-refractivity contribution in [3.63, 3.8) is 0 Å². The SMILES string of the molecule is CN(C(=O)CN1CCCC1c1cccs1)c1ccccc1. The highest BCUT2D eigenvalue weighted by Crippen LogP contribution is 2.34. The van der Waals surface area contributed by atoms with E-state index in [2.05, 4.69) is 22.4 Å². The topological polar surface area (TPSA) is 23.6 Å². The summed E-state index contributed by atoms with van der Waals surface area (Å²) in [7, 11) is 1.86. The van der Waals surface area contributed by atoms with Crippen LogP contribution in [0.15, 0.2) is 47.8 Å². The quantitative estimate of drug-likeness (QED) is 0.862. The van der Waals surface area contributed by atoms with Gasteiger partial charge in [0.05, 0.1) is 6.54 Å². The zero-order chi connectivity index (χ0) is 14.7. The number of rotatable bonds is 4. The molecule has 0 saturated carbocycles. The molecule has 0 spiro atoms. The van der Waals surface area contributed by atoms with Crippen LogP contribution < -0.4 is 4.90 Å². The summed E-state index contributed by atoms with van der Waals surface area (Å²) in [5.41, 5.74) is 0.953. The van der Waals surface area contributed by atoms with E-state index in [1.807, 2.05) is 37.4 Å². The number of nitrogens with zero attached hydrogens (tertiary/aromatic N) is 2. The maximum absolute atomic E-state index is 12.5. The van der Waals surface area contributed by atoms with Gasteiger partial charge in [-0.15, -0.1) is 11.3 Å². The Labute approximate surface area is 129 Å². The summed E-state index contributed by atoms with van der Waals surface area (Å²) in [6, 6.07) is 14.5. The number of hydrogen-bond donors (Lipinski definition) is 0. The number of likely N-dealkylation sites (tertiary alicyclic amines) is 1. The molecule has 1 amide bonds. The zero-order valence-corrected chi connectivity index (χ0v) is 13.1. The van der Waals surface area contributed by atoms with Gasteiger partial charge in [0.1, 0.15) is 0 Å². The second kappa shape index (κ2) is 6.41. The molecule has 0 aliphatic carbocycles. The van der Waals surface area contributed by atoms with E-state index in [1.54, 1.807) is 16.2 Å². The molecular weight excluding hydrogens is 280 g/mol. The number of benzene rings is 1. The van der Waals surface area contributed by atoms with E-state index in [4.69, 9.17) is 0 Å². The van der Waals surface area contributed by atoms with E-state index in [0.29, 0.717) is 12.6 Å². The maximum Gasteiger partial charge on any atom is 0.240 e. The summed E-state index contributed by atoms with van der Waals surface area (Å²) in [5, 5.41) is 2.11. The van der Waals surface area contributed by atoms with Crippen LogP contribution in [0.4, 0.5) is 5.69 Å². The Morgan fingerprint density at radius 1 is 1.29 bits per heavy atom. The highest BCUT2D eigenvalue weighted by Gasteiger charge is 2.29. The number of para-hydroxylation sites is 1. The van der Waals surface area contributed by atoms with E-state index in [9.17, 15) is 4.79 Å². The smallest absolute Gasteiger partial charge is 0.240 e. The summed E-state index contributed by atoms with van der Waals surface area (Å²) in [6.45, 7) is 1.50. The maximum atomic E-state index is 12.5. The summed E-state index contributed by atoms with van der Waals surface area (Å²) in [6.07, 6.45) is 2.33. The minimum Gasteiger partial charge on any atom is -0.314 e. The monoisotopic (exact) mass is 300 g/mol. The number of carbonyl (C=O) groups excluding carboxylic acids is 1. The van der Waals surface area contributed by atoms with Crippen molar-refractivity contribution >= 4 is 22.9 Å². The molecule has 1 atom stereocenters. The molecule has 3 nitrogen and oxygen atoms in total. The molecule has 1 aliphatic heterocycles. The van der Waals surface area contributed by atoms with Crippen molar-refractivity contribution in [1.29, 1.82) is 0 Å². The van der Waals surface area contributed by atoms with Gasteiger partial charge in [0.2, 0.25) is 5.91 Å². The standard InChI is InChI=1S/C17H20N2OS/c1-18(14-7-3-2-4-8-14)17(20)13-19-11-5-9-15(19)16-10-6-12-21-16/h2-4,6-8,10,12,15H,5,9,11,13H2,1H3. The Bertz CT molecular complexity index is 582. The first-order valence-corrected chi connectivity index (χ1v) is 8.23. The van der Waals surface area contributed by atoms with Crippen molar-refractivity contribution in [2.24, 2.45) is 0 Å². The van der Waals surface area contributed by atoms with E-state index in [-0.39, 0.29) is 5.91 Å². The van der Waals surface area contributed by atoms with Gasteiger partial charge in [-0.1, -0.05) is 24.3 Å². The minimum absolute atomic E-state index is 0.157. The average Bonchev–Trinajstić information content (AvgIpc) is 3.18. The first-order chi connectivity index (χ1) is 10.3. The molecule has 2 aromatic rings. The largest absolute Gasteiger partial charge is 0.314 e. The van der Waals surface area contributed by atoms with Crippen molar-refractivity contribution in [3.05, 3.63) is 52.7 Å². The van der Waals surface area contributed by atoms with Gasteiger partial charge in [-0.05, 0) is 43.0 Å². The number of amides is 1. The number of carbonyl (C=O) groups is 1. The molecule has 0 N–H and O–H groups in total. The average molecular weight is 300 g/mol. The Hall–Kier alpha value is -1.65. The molecule has 110 valence electrons. The third kappa shape index (κ3) is 3.17. The van der Waals surface area contributed by atoms with E-state index < -0.39 is 0 Å². The molecule has 0 radical (unpaired) electrons. The van der Waals surface area contributed by atoms with Crippen LogP contribution >= 0.6 is 11.3 Å². The Balaban J connectivity index is 1.67.